The summed E-state index contributed by atoms with van der Waals surface area (Å²) in [7, 11) is 1.58. The van der Waals surface area contributed by atoms with Gasteiger partial charge in [-0.1, -0.05) is 20.3 Å². The molecule has 2 atom stereocenters. The highest BCUT2D eigenvalue weighted by Gasteiger charge is 2.41. The molecule has 2 unspecified atom stereocenters. The zero-order chi connectivity index (χ0) is 12.5. The van der Waals surface area contributed by atoms with Crippen LogP contribution in [0.3, 0.4) is 0 Å². The van der Waals surface area contributed by atoms with Crippen LogP contribution in [0.25, 0.3) is 0 Å². The number of likely N-dealkylation sites (N-methyl/N-ethyl adjacent to an activating group) is 1. The Balaban J connectivity index is 2.74. The predicted octanol–water partition coefficient (Wildman–Crippen LogP) is 1.74. The van der Waals surface area contributed by atoms with Gasteiger partial charge in [-0.15, -0.1) is 0 Å². The van der Waals surface area contributed by atoms with Crippen LogP contribution >= 0.6 is 0 Å². The maximum absolute atomic E-state index is 12.2. The van der Waals surface area contributed by atoms with E-state index in [1.807, 2.05) is 0 Å². The summed E-state index contributed by atoms with van der Waals surface area (Å²) in [5.74, 6) is -1.01. The van der Waals surface area contributed by atoms with Gasteiger partial charge in [0.05, 0.1) is 0 Å². The van der Waals surface area contributed by atoms with Crippen LogP contribution in [-0.4, -0.2) is 35.0 Å². The normalized spacial score (nSPS) is 25.1. The lowest BCUT2D eigenvalue weighted by molar-refractivity contribution is -0.151. The fourth-order valence-electron chi connectivity index (χ4n) is 2.39. The molecule has 0 aromatic carbocycles. The van der Waals surface area contributed by atoms with Gasteiger partial charge in [0.15, 0.2) is 0 Å². The molecule has 92 valence electrons. The Kier molecular flexibility index (Phi) is 3.61. The quantitative estimate of drug-likeness (QED) is 0.799. The molecule has 0 heterocycles. The lowest BCUT2D eigenvalue weighted by Gasteiger charge is -2.31. The lowest BCUT2D eigenvalue weighted by atomic mass is 9.81. The number of rotatable bonds is 3. The van der Waals surface area contributed by atoms with Gasteiger partial charge in [-0.05, 0) is 25.2 Å². The molecular weight excluding hydrogens is 206 g/mol. The molecule has 4 nitrogen and oxygen atoms in total. The van der Waals surface area contributed by atoms with E-state index in [1.165, 1.54) is 4.90 Å². The molecule has 0 saturated heterocycles. The summed E-state index contributed by atoms with van der Waals surface area (Å²) in [6.07, 6.45) is 2.97. The molecule has 0 spiro atoms. The Labute approximate surface area is 96.6 Å². The van der Waals surface area contributed by atoms with Crippen molar-refractivity contribution in [3.05, 3.63) is 0 Å². The first-order chi connectivity index (χ1) is 7.27. The Morgan fingerprint density at radius 1 is 1.44 bits per heavy atom. The van der Waals surface area contributed by atoms with Gasteiger partial charge in [0.25, 0.3) is 0 Å². The van der Waals surface area contributed by atoms with Crippen molar-refractivity contribution in [1.29, 1.82) is 0 Å². The number of carboxylic acids is 1. The van der Waals surface area contributed by atoms with Gasteiger partial charge in [-0.3, -0.25) is 4.79 Å². The summed E-state index contributed by atoms with van der Waals surface area (Å²) < 4.78 is 0. The summed E-state index contributed by atoms with van der Waals surface area (Å²) in [4.78, 5) is 24.4. The summed E-state index contributed by atoms with van der Waals surface area (Å²) in [6.45, 7) is 5.71. The van der Waals surface area contributed by atoms with E-state index in [0.717, 1.165) is 19.3 Å². The fraction of sp³-hybridized carbons (Fsp3) is 0.833. The highest BCUT2D eigenvalue weighted by molar-refractivity contribution is 5.85. The van der Waals surface area contributed by atoms with Gasteiger partial charge in [-0.2, -0.15) is 0 Å². The smallest absolute Gasteiger partial charge is 0.326 e. The van der Waals surface area contributed by atoms with Crippen LogP contribution in [0.4, 0.5) is 0 Å². The average Bonchev–Trinajstić information content (AvgIpc) is 2.54. The topological polar surface area (TPSA) is 57.6 Å². The Hall–Kier alpha value is -1.06. The minimum atomic E-state index is -0.952. The zero-order valence-corrected chi connectivity index (χ0v) is 10.5. The molecule has 0 aliphatic heterocycles. The second kappa shape index (κ2) is 4.44. The van der Waals surface area contributed by atoms with Gasteiger partial charge in [-0.25, -0.2) is 4.79 Å². The molecule has 0 aromatic rings. The summed E-state index contributed by atoms with van der Waals surface area (Å²) in [5, 5.41) is 8.88. The molecule has 1 N–H and O–H groups in total. The molecule has 1 aliphatic carbocycles. The molecule has 0 bridgehead atoms. The number of nitrogens with zero attached hydrogens (tertiary/aromatic N) is 1. The number of amides is 1. The first-order valence-corrected chi connectivity index (χ1v) is 5.77. The number of hydrogen-bond acceptors (Lipinski definition) is 2. The van der Waals surface area contributed by atoms with Gasteiger partial charge < -0.3 is 10.0 Å². The molecule has 0 aromatic heterocycles. The van der Waals surface area contributed by atoms with Crippen molar-refractivity contribution in [3.8, 4) is 0 Å². The van der Waals surface area contributed by atoms with E-state index in [0.29, 0.717) is 0 Å². The average molecular weight is 227 g/mol. The maximum Gasteiger partial charge on any atom is 0.326 e. The van der Waals surface area contributed by atoms with E-state index in [9.17, 15) is 9.59 Å². The third-order valence-electron chi connectivity index (χ3n) is 3.84. The van der Waals surface area contributed by atoms with E-state index in [4.69, 9.17) is 5.11 Å². The summed E-state index contributed by atoms with van der Waals surface area (Å²) >= 11 is 0. The van der Waals surface area contributed by atoms with E-state index >= 15 is 0 Å². The van der Waals surface area contributed by atoms with Crippen LogP contribution < -0.4 is 0 Å². The highest BCUT2D eigenvalue weighted by Crippen LogP contribution is 2.43. The van der Waals surface area contributed by atoms with Gasteiger partial charge in [0.1, 0.15) is 6.04 Å². The third kappa shape index (κ3) is 2.36. The molecular formula is C12H21NO3. The van der Waals surface area contributed by atoms with Crippen molar-refractivity contribution in [2.75, 3.05) is 7.05 Å². The monoisotopic (exact) mass is 227 g/mol. The van der Waals surface area contributed by atoms with Gasteiger partial charge in [0.2, 0.25) is 5.91 Å². The van der Waals surface area contributed by atoms with Crippen molar-refractivity contribution >= 4 is 11.9 Å². The molecule has 1 saturated carbocycles. The Morgan fingerprint density at radius 3 is 2.38 bits per heavy atom. The Bertz CT molecular complexity index is 299. The molecule has 4 heteroatoms. The maximum atomic E-state index is 12.2. The first kappa shape index (κ1) is 13.0. The SMILES string of the molecule is CC(C(=O)O)N(C)C(=O)C1CCCC1(C)C. The van der Waals surface area contributed by atoms with Crippen molar-refractivity contribution in [2.45, 2.75) is 46.1 Å². The van der Waals surface area contributed by atoms with Crippen molar-refractivity contribution in [3.63, 3.8) is 0 Å². The molecule has 1 amide bonds. The second-order valence-electron chi connectivity index (χ2n) is 5.40. The van der Waals surface area contributed by atoms with Crippen molar-refractivity contribution in [2.24, 2.45) is 11.3 Å². The van der Waals surface area contributed by atoms with Crippen LogP contribution in [0.5, 0.6) is 0 Å². The Morgan fingerprint density at radius 2 is 2.00 bits per heavy atom. The van der Waals surface area contributed by atoms with Crippen LogP contribution in [-0.2, 0) is 9.59 Å². The van der Waals surface area contributed by atoms with Crippen LogP contribution in [0.1, 0.15) is 40.0 Å². The first-order valence-electron chi connectivity index (χ1n) is 5.77. The lowest BCUT2D eigenvalue weighted by Crippen LogP contribution is -2.45. The molecule has 16 heavy (non-hydrogen) atoms. The molecule has 1 aliphatic rings. The number of carbonyl (C=O) groups is 2. The van der Waals surface area contributed by atoms with Crippen LogP contribution in [0, 0.1) is 11.3 Å². The van der Waals surface area contributed by atoms with E-state index in [-0.39, 0.29) is 17.2 Å². The summed E-state index contributed by atoms with van der Waals surface area (Å²) in [6, 6.07) is -0.746. The van der Waals surface area contributed by atoms with E-state index in [2.05, 4.69) is 13.8 Å². The molecule has 0 radical (unpaired) electrons. The highest BCUT2D eigenvalue weighted by atomic mass is 16.4. The third-order valence-corrected chi connectivity index (χ3v) is 3.84. The standard InChI is InChI=1S/C12H21NO3/c1-8(11(15)16)13(4)10(14)9-6-5-7-12(9,2)3/h8-9H,5-7H2,1-4H3,(H,15,16). The summed E-state index contributed by atoms with van der Waals surface area (Å²) in [5.41, 5.74) is 0.00354. The number of hydrogen-bond donors (Lipinski definition) is 1. The number of aliphatic carboxylic acids is 1. The molecule has 1 fully saturated rings. The van der Waals surface area contributed by atoms with Crippen LogP contribution in [0.15, 0.2) is 0 Å². The number of carboxylic acid groups (broad SMARTS) is 1. The van der Waals surface area contributed by atoms with Gasteiger partial charge in [0, 0.05) is 13.0 Å². The predicted molar refractivity (Wildman–Crippen MR) is 61.0 cm³/mol. The minimum absolute atomic E-state index is 0.00354. The van der Waals surface area contributed by atoms with E-state index < -0.39 is 12.0 Å². The zero-order valence-electron chi connectivity index (χ0n) is 10.5. The largest absolute Gasteiger partial charge is 0.480 e. The van der Waals surface area contributed by atoms with Crippen LogP contribution in [0.2, 0.25) is 0 Å². The minimum Gasteiger partial charge on any atom is -0.480 e. The molecule has 1 rings (SSSR count). The van der Waals surface area contributed by atoms with Crippen molar-refractivity contribution in [1.82, 2.24) is 4.90 Å². The second-order valence-corrected chi connectivity index (χ2v) is 5.40. The van der Waals surface area contributed by atoms with E-state index in [1.54, 1.807) is 14.0 Å². The van der Waals surface area contributed by atoms with Crippen molar-refractivity contribution < 1.29 is 14.7 Å². The van der Waals surface area contributed by atoms with Gasteiger partial charge >= 0.3 is 5.97 Å². The number of carbonyl (C=O) groups excluding carboxylic acids is 1. The fourth-order valence-corrected chi connectivity index (χ4v) is 2.39.